The lowest BCUT2D eigenvalue weighted by Crippen LogP contribution is -2.42. The molecule has 1 amide bonds. The fourth-order valence-electron chi connectivity index (χ4n) is 3.20. The first kappa shape index (κ1) is 14.5. The molecule has 2 aliphatic rings. The molecule has 0 unspecified atom stereocenters. The van der Waals surface area contributed by atoms with Gasteiger partial charge in [0.05, 0.1) is 18.1 Å². The van der Waals surface area contributed by atoms with Crippen LogP contribution < -0.4 is 5.32 Å². The maximum Gasteiger partial charge on any atom is 0.226 e. The van der Waals surface area contributed by atoms with Gasteiger partial charge in [-0.2, -0.15) is 0 Å². The van der Waals surface area contributed by atoms with Crippen molar-refractivity contribution in [2.45, 2.75) is 51.5 Å². The molecule has 1 aromatic rings. The van der Waals surface area contributed by atoms with Gasteiger partial charge in [0.2, 0.25) is 5.91 Å². The predicted octanol–water partition coefficient (Wildman–Crippen LogP) is 1.27. The standard InChI is InChI=1S/C15H23N3O3/c1-3-18-7-6-16-14(18)13-12(5-9-21-13)17-15(19)11-4-8-20-10(11)2/h6-7,10-13H,3-5,8-9H2,1-2H3,(H,17,19)/t10-,11-,12+,13+/m1/s1. The van der Waals surface area contributed by atoms with Gasteiger partial charge in [-0.3, -0.25) is 4.79 Å². The molecule has 3 rings (SSSR count). The van der Waals surface area contributed by atoms with Crippen LogP contribution in [0.4, 0.5) is 0 Å². The zero-order valence-corrected chi connectivity index (χ0v) is 12.6. The summed E-state index contributed by atoms with van der Waals surface area (Å²) in [5, 5.41) is 3.14. The molecule has 2 saturated heterocycles. The van der Waals surface area contributed by atoms with Gasteiger partial charge < -0.3 is 19.4 Å². The SMILES string of the molecule is CCn1ccnc1[C@H]1OCC[C@@H]1NC(=O)[C@@H]1CCO[C@@H]1C. The number of hydrogen-bond acceptors (Lipinski definition) is 4. The lowest BCUT2D eigenvalue weighted by Gasteiger charge is -2.22. The first-order valence-corrected chi connectivity index (χ1v) is 7.75. The third-order valence-electron chi connectivity index (χ3n) is 4.48. The molecule has 4 atom stereocenters. The molecule has 21 heavy (non-hydrogen) atoms. The van der Waals surface area contributed by atoms with Gasteiger partial charge in [0.25, 0.3) is 0 Å². The molecule has 6 heteroatoms. The zero-order valence-electron chi connectivity index (χ0n) is 12.6. The minimum atomic E-state index is -0.151. The van der Waals surface area contributed by atoms with E-state index < -0.39 is 0 Å². The van der Waals surface area contributed by atoms with Crippen molar-refractivity contribution in [3.8, 4) is 0 Å². The van der Waals surface area contributed by atoms with Crippen LogP contribution in [0.1, 0.15) is 38.6 Å². The third kappa shape index (κ3) is 2.82. The summed E-state index contributed by atoms with van der Waals surface area (Å²) in [7, 11) is 0. The molecule has 0 spiro atoms. The maximum absolute atomic E-state index is 12.4. The molecular formula is C15H23N3O3. The quantitative estimate of drug-likeness (QED) is 0.908. The lowest BCUT2D eigenvalue weighted by atomic mass is 10.0. The predicted molar refractivity (Wildman–Crippen MR) is 76.7 cm³/mol. The Hall–Kier alpha value is -1.40. The minimum Gasteiger partial charge on any atom is -0.378 e. The molecule has 1 N–H and O–H groups in total. The first-order chi connectivity index (χ1) is 10.2. The van der Waals surface area contributed by atoms with Crippen molar-refractivity contribution in [1.82, 2.24) is 14.9 Å². The fraction of sp³-hybridized carbons (Fsp3) is 0.733. The van der Waals surface area contributed by atoms with Crippen LogP contribution in [0, 0.1) is 5.92 Å². The number of aryl methyl sites for hydroxylation is 1. The van der Waals surface area contributed by atoms with Crippen molar-refractivity contribution in [3.05, 3.63) is 18.2 Å². The van der Waals surface area contributed by atoms with Crippen LogP contribution in [0.15, 0.2) is 12.4 Å². The Bertz CT molecular complexity index is 502. The Morgan fingerprint density at radius 2 is 2.24 bits per heavy atom. The topological polar surface area (TPSA) is 65.4 Å². The summed E-state index contributed by atoms with van der Waals surface area (Å²) in [5.41, 5.74) is 0. The lowest BCUT2D eigenvalue weighted by molar-refractivity contribution is -0.127. The van der Waals surface area contributed by atoms with Crippen LogP contribution in [0.2, 0.25) is 0 Å². The first-order valence-electron chi connectivity index (χ1n) is 7.75. The number of aromatic nitrogens is 2. The Labute approximate surface area is 124 Å². The molecule has 0 aliphatic carbocycles. The molecule has 2 fully saturated rings. The molecule has 2 aliphatic heterocycles. The van der Waals surface area contributed by atoms with Crippen molar-refractivity contribution < 1.29 is 14.3 Å². The van der Waals surface area contributed by atoms with Crippen LogP contribution in [0.3, 0.4) is 0 Å². The summed E-state index contributed by atoms with van der Waals surface area (Å²) in [6.45, 7) is 6.21. The van der Waals surface area contributed by atoms with E-state index in [1.165, 1.54) is 0 Å². The molecule has 0 saturated carbocycles. The second-order valence-corrected chi connectivity index (χ2v) is 5.74. The third-order valence-corrected chi connectivity index (χ3v) is 4.48. The largest absolute Gasteiger partial charge is 0.378 e. The smallest absolute Gasteiger partial charge is 0.226 e. The highest BCUT2D eigenvalue weighted by atomic mass is 16.5. The van der Waals surface area contributed by atoms with Gasteiger partial charge in [0.1, 0.15) is 11.9 Å². The van der Waals surface area contributed by atoms with Gasteiger partial charge >= 0.3 is 0 Å². The number of imidazole rings is 1. The van der Waals surface area contributed by atoms with Crippen molar-refractivity contribution >= 4 is 5.91 Å². The normalized spacial score (nSPS) is 32.5. The van der Waals surface area contributed by atoms with Crippen LogP contribution in [-0.4, -0.2) is 40.8 Å². The van der Waals surface area contributed by atoms with Crippen LogP contribution in [-0.2, 0) is 20.8 Å². The van der Waals surface area contributed by atoms with Crippen molar-refractivity contribution in [3.63, 3.8) is 0 Å². The van der Waals surface area contributed by atoms with E-state index in [-0.39, 0.29) is 30.1 Å². The van der Waals surface area contributed by atoms with Gasteiger partial charge in [-0.25, -0.2) is 4.98 Å². The average molecular weight is 293 g/mol. The Morgan fingerprint density at radius 3 is 2.95 bits per heavy atom. The Balaban J connectivity index is 1.68. The highest BCUT2D eigenvalue weighted by Crippen LogP contribution is 2.29. The molecule has 3 heterocycles. The van der Waals surface area contributed by atoms with Gasteiger partial charge in [-0.05, 0) is 26.7 Å². The second kappa shape index (κ2) is 6.15. The van der Waals surface area contributed by atoms with E-state index in [9.17, 15) is 4.79 Å². The summed E-state index contributed by atoms with van der Waals surface area (Å²) < 4.78 is 13.4. The van der Waals surface area contributed by atoms with E-state index in [4.69, 9.17) is 9.47 Å². The highest BCUT2D eigenvalue weighted by molar-refractivity contribution is 5.79. The number of hydrogen-bond donors (Lipinski definition) is 1. The maximum atomic E-state index is 12.4. The van der Waals surface area contributed by atoms with Crippen molar-refractivity contribution in [1.29, 1.82) is 0 Å². The second-order valence-electron chi connectivity index (χ2n) is 5.74. The van der Waals surface area contributed by atoms with Crippen LogP contribution in [0.5, 0.6) is 0 Å². The number of amides is 1. The van der Waals surface area contributed by atoms with Crippen molar-refractivity contribution in [2.75, 3.05) is 13.2 Å². The van der Waals surface area contributed by atoms with E-state index in [0.29, 0.717) is 13.2 Å². The molecule has 6 nitrogen and oxygen atoms in total. The number of carbonyl (C=O) groups is 1. The number of nitrogens with zero attached hydrogens (tertiary/aromatic N) is 2. The highest BCUT2D eigenvalue weighted by Gasteiger charge is 2.37. The summed E-state index contributed by atoms with van der Waals surface area (Å²) in [5.74, 6) is 0.934. The van der Waals surface area contributed by atoms with E-state index in [2.05, 4.69) is 21.8 Å². The number of nitrogens with one attached hydrogen (secondary N) is 1. The minimum absolute atomic E-state index is 0.00185. The molecular weight excluding hydrogens is 270 g/mol. The summed E-state index contributed by atoms with van der Waals surface area (Å²) >= 11 is 0. The number of carbonyl (C=O) groups excluding carboxylic acids is 1. The van der Waals surface area contributed by atoms with Crippen LogP contribution in [0.25, 0.3) is 0 Å². The number of ether oxygens (including phenoxy) is 2. The molecule has 116 valence electrons. The van der Waals surface area contributed by atoms with E-state index in [1.807, 2.05) is 13.1 Å². The summed E-state index contributed by atoms with van der Waals surface area (Å²) in [4.78, 5) is 16.8. The van der Waals surface area contributed by atoms with E-state index in [1.54, 1.807) is 6.20 Å². The Kier molecular flexibility index (Phi) is 4.26. The van der Waals surface area contributed by atoms with E-state index in [0.717, 1.165) is 25.2 Å². The van der Waals surface area contributed by atoms with Gasteiger partial charge in [-0.15, -0.1) is 0 Å². The fourth-order valence-corrected chi connectivity index (χ4v) is 3.20. The molecule has 0 aromatic carbocycles. The van der Waals surface area contributed by atoms with Gasteiger partial charge in [0, 0.05) is 32.2 Å². The Morgan fingerprint density at radius 1 is 1.43 bits per heavy atom. The van der Waals surface area contributed by atoms with E-state index >= 15 is 0 Å². The number of rotatable bonds is 4. The average Bonchev–Trinajstić information content (AvgIpc) is 3.17. The summed E-state index contributed by atoms with van der Waals surface area (Å²) in [6, 6.07) is -0.00185. The van der Waals surface area contributed by atoms with Crippen LogP contribution >= 0.6 is 0 Å². The van der Waals surface area contributed by atoms with Crippen molar-refractivity contribution in [2.24, 2.45) is 5.92 Å². The van der Waals surface area contributed by atoms with Gasteiger partial charge in [0.15, 0.2) is 0 Å². The molecule has 0 bridgehead atoms. The summed E-state index contributed by atoms with van der Waals surface area (Å²) in [6.07, 6.45) is 5.21. The monoisotopic (exact) mass is 293 g/mol. The van der Waals surface area contributed by atoms with Gasteiger partial charge in [-0.1, -0.05) is 0 Å². The zero-order chi connectivity index (χ0) is 14.8. The molecule has 0 radical (unpaired) electrons. The molecule has 1 aromatic heterocycles.